The summed E-state index contributed by atoms with van der Waals surface area (Å²) in [4.78, 5) is 2.42. The number of likely N-dealkylation sites (tertiary alicyclic amines) is 1. The minimum Gasteiger partial charge on any atom is -0.409 e. The van der Waals surface area contributed by atoms with Crippen LogP contribution in [-0.2, 0) is 0 Å². The van der Waals surface area contributed by atoms with E-state index in [9.17, 15) is 0 Å². The smallest absolute Gasteiger partial charge is 0.144 e. The predicted octanol–water partition coefficient (Wildman–Crippen LogP) is 2.25. The summed E-state index contributed by atoms with van der Waals surface area (Å²) < 4.78 is 0. The molecule has 1 fully saturated rings. The largest absolute Gasteiger partial charge is 0.409 e. The van der Waals surface area contributed by atoms with Gasteiger partial charge < -0.3 is 21.2 Å². The van der Waals surface area contributed by atoms with Gasteiger partial charge in [0.05, 0.1) is 0 Å². The summed E-state index contributed by atoms with van der Waals surface area (Å²) in [6, 6.07) is 0. The number of nitrogens with two attached hydrogens (primary N) is 1. The number of nitrogens with zero attached hydrogens (tertiary/aromatic N) is 2. The number of hydrogen-bond acceptors (Lipinski definition) is 4. The summed E-state index contributed by atoms with van der Waals surface area (Å²) in [7, 11) is 2.21. The fourth-order valence-electron chi connectivity index (χ4n) is 2.86. The first-order chi connectivity index (χ1) is 9.95. The highest BCUT2D eigenvalue weighted by atomic mass is 16.4. The van der Waals surface area contributed by atoms with Crippen molar-refractivity contribution in [2.75, 3.05) is 33.2 Å². The summed E-state index contributed by atoms with van der Waals surface area (Å²) in [6.45, 7) is 8.77. The molecule has 1 aliphatic heterocycles. The van der Waals surface area contributed by atoms with E-state index in [-0.39, 0.29) is 5.41 Å². The molecule has 21 heavy (non-hydrogen) atoms. The molecule has 0 amide bonds. The van der Waals surface area contributed by atoms with Crippen LogP contribution < -0.4 is 11.1 Å². The Balaban J connectivity index is 1.98. The molecule has 5 heteroatoms. The van der Waals surface area contributed by atoms with Gasteiger partial charge in [-0.2, -0.15) is 0 Å². The van der Waals surface area contributed by atoms with E-state index in [1.54, 1.807) is 0 Å². The molecule has 0 aromatic heterocycles. The fourth-order valence-corrected chi connectivity index (χ4v) is 2.86. The number of amidine groups is 1. The van der Waals surface area contributed by atoms with E-state index in [1.165, 1.54) is 32.4 Å². The summed E-state index contributed by atoms with van der Waals surface area (Å²) >= 11 is 0. The monoisotopic (exact) mass is 298 g/mol. The highest BCUT2D eigenvalue weighted by Gasteiger charge is 2.22. The van der Waals surface area contributed by atoms with Crippen LogP contribution in [0.2, 0.25) is 0 Å². The Labute approximate surface area is 130 Å². The molecule has 0 unspecified atom stereocenters. The van der Waals surface area contributed by atoms with Gasteiger partial charge in [-0.3, -0.25) is 0 Å². The Morgan fingerprint density at radius 3 is 2.57 bits per heavy atom. The maximum absolute atomic E-state index is 8.73. The van der Waals surface area contributed by atoms with Gasteiger partial charge in [0.1, 0.15) is 5.84 Å². The number of hydrogen-bond donors (Lipinski definition) is 3. The van der Waals surface area contributed by atoms with Crippen molar-refractivity contribution in [2.24, 2.45) is 22.2 Å². The van der Waals surface area contributed by atoms with Crippen molar-refractivity contribution in [3.8, 4) is 0 Å². The first-order valence-corrected chi connectivity index (χ1v) is 8.33. The van der Waals surface area contributed by atoms with Crippen molar-refractivity contribution in [2.45, 2.75) is 52.4 Å². The van der Waals surface area contributed by atoms with Gasteiger partial charge in [-0.05, 0) is 71.2 Å². The van der Waals surface area contributed by atoms with E-state index in [0.717, 1.165) is 38.3 Å². The Bertz CT molecular complexity index is 309. The van der Waals surface area contributed by atoms with Crippen LogP contribution >= 0.6 is 0 Å². The Morgan fingerprint density at radius 2 is 1.95 bits per heavy atom. The Hall–Kier alpha value is -0.810. The molecule has 0 spiro atoms. The van der Waals surface area contributed by atoms with E-state index in [4.69, 9.17) is 10.9 Å². The molecule has 5 nitrogen and oxygen atoms in total. The molecule has 1 aliphatic rings. The molecule has 124 valence electrons. The molecule has 0 aliphatic carbocycles. The minimum absolute atomic E-state index is 0.205. The van der Waals surface area contributed by atoms with E-state index < -0.39 is 0 Å². The average Bonchev–Trinajstić information content (AvgIpc) is 2.47. The molecule has 1 rings (SSSR count). The molecule has 1 saturated heterocycles. The summed E-state index contributed by atoms with van der Waals surface area (Å²) in [5.41, 5.74) is 5.48. The van der Waals surface area contributed by atoms with Gasteiger partial charge in [0.15, 0.2) is 0 Å². The van der Waals surface area contributed by atoms with Crippen LogP contribution in [0.1, 0.15) is 52.4 Å². The fraction of sp³-hybridized carbons (Fsp3) is 0.938. The number of rotatable bonds is 9. The average molecular weight is 298 g/mol. The number of nitrogens with one attached hydrogen (secondary N) is 1. The number of piperidine rings is 1. The van der Waals surface area contributed by atoms with Crippen LogP contribution in [0.15, 0.2) is 5.16 Å². The lowest BCUT2D eigenvalue weighted by Crippen LogP contribution is -2.32. The van der Waals surface area contributed by atoms with Crippen LogP contribution in [-0.4, -0.2) is 49.2 Å². The molecule has 1 heterocycles. The summed E-state index contributed by atoms with van der Waals surface area (Å²) in [5.74, 6) is 1.24. The van der Waals surface area contributed by atoms with E-state index in [2.05, 4.69) is 22.4 Å². The highest BCUT2D eigenvalue weighted by molar-refractivity contribution is 5.85. The SMILES string of the molecule is CN1CCC(CCNCCCCC(C)(C)C(N)=NO)CC1. The van der Waals surface area contributed by atoms with Gasteiger partial charge in [0.25, 0.3) is 0 Å². The zero-order valence-corrected chi connectivity index (χ0v) is 14.1. The minimum atomic E-state index is -0.205. The van der Waals surface area contributed by atoms with Crippen molar-refractivity contribution in [1.82, 2.24) is 10.2 Å². The molecule has 0 aromatic rings. The molecular formula is C16H34N4O. The standard InChI is InChI=1S/C16H34N4O/c1-16(2,15(17)19-21)9-4-5-10-18-11-6-14-7-12-20(3)13-8-14/h14,18,21H,4-13H2,1-3H3,(H2,17,19). The molecule has 0 atom stereocenters. The third-order valence-corrected chi connectivity index (χ3v) is 4.77. The molecule has 0 saturated carbocycles. The summed E-state index contributed by atoms with van der Waals surface area (Å²) in [5, 5.41) is 15.4. The van der Waals surface area contributed by atoms with Gasteiger partial charge in [-0.25, -0.2) is 0 Å². The Morgan fingerprint density at radius 1 is 1.29 bits per heavy atom. The lowest BCUT2D eigenvalue weighted by Gasteiger charge is -2.28. The van der Waals surface area contributed by atoms with Crippen molar-refractivity contribution < 1.29 is 5.21 Å². The first kappa shape index (κ1) is 18.2. The van der Waals surface area contributed by atoms with Gasteiger partial charge >= 0.3 is 0 Å². The normalized spacial score (nSPS) is 19.1. The molecule has 0 aromatic carbocycles. The number of unbranched alkanes of at least 4 members (excludes halogenated alkanes) is 1. The Kier molecular flexibility index (Phi) is 8.04. The third-order valence-electron chi connectivity index (χ3n) is 4.77. The molecular weight excluding hydrogens is 264 g/mol. The summed E-state index contributed by atoms with van der Waals surface area (Å²) in [6.07, 6.45) is 7.22. The first-order valence-electron chi connectivity index (χ1n) is 8.33. The van der Waals surface area contributed by atoms with Gasteiger partial charge in [-0.15, -0.1) is 0 Å². The predicted molar refractivity (Wildman–Crippen MR) is 88.7 cm³/mol. The van der Waals surface area contributed by atoms with E-state index in [0.29, 0.717) is 5.84 Å². The van der Waals surface area contributed by atoms with E-state index >= 15 is 0 Å². The lowest BCUT2D eigenvalue weighted by molar-refractivity contribution is 0.211. The van der Waals surface area contributed by atoms with Crippen LogP contribution in [0.3, 0.4) is 0 Å². The molecule has 0 radical (unpaired) electrons. The second-order valence-corrected chi connectivity index (χ2v) is 7.11. The number of oxime groups is 1. The lowest BCUT2D eigenvalue weighted by atomic mass is 9.86. The molecule has 4 N–H and O–H groups in total. The topological polar surface area (TPSA) is 73.9 Å². The quantitative estimate of drug-likeness (QED) is 0.201. The van der Waals surface area contributed by atoms with Crippen molar-refractivity contribution in [1.29, 1.82) is 0 Å². The maximum atomic E-state index is 8.73. The van der Waals surface area contributed by atoms with Crippen LogP contribution in [0.25, 0.3) is 0 Å². The molecule has 0 bridgehead atoms. The van der Waals surface area contributed by atoms with Crippen molar-refractivity contribution >= 4 is 5.84 Å². The third kappa shape index (κ3) is 7.14. The van der Waals surface area contributed by atoms with Gasteiger partial charge in [0.2, 0.25) is 0 Å². The second-order valence-electron chi connectivity index (χ2n) is 7.11. The van der Waals surface area contributed by atoms with Gasteiger partial charge in [0, 0.05) is 5.41 Å². The second kappa shape index (κ2) is 9.26. The highest BCUT2D eigenvalue weighted by Crippen LogP contribution is 2.23. The zero-order chi connectivity index (χ0) is 15.7. The maximum Gasteiger partial charge on any atom is 0.144 e. The van der Waals surface area contributed by atoms with Crippen LogP contribution in [0.4, 0.5) is 0 Å². The van der Waals surface area contributed by atoms with Crippen molar-refractivity contribution in [3.63, 3.8) is 0 Å². The van der Waals surface area contributed by atoms with Crippen LogP contribution in [0, 0.1) is 11.3 Å². The van der Waals surface area contributed by atoms with Gasteiger partial charge in [-0.1, -0.05) is 25.4 Å². The van der Waals surface area contributed by atoms with Crippen LogP contribution in [0.5, 0.6) is 0 Å². The van der Waals surface area contributed by atoms with E-state index in [1.807, 2.05) is 13.8 Å². The zero-order valence-electron chi connectivity index (χ0n) is 14.1. The van der Waals surface area contributed by atoms with Crippen molar-refractivity contribution in [3.05, 3.63) is 0 Å².